The molecule has 0 spiro atoms. The fourth-order valence-corrected chi connectivity index (χ4v) is 6.37. The number of carbonyl (C=O) groups excluding carboxylic acids is 1. The maximum atomic E-state index is 15.8. The Bertz CT molecular complexity index is 760. The molecular weight excluding hydrogens is 453 g/mol. The number of alkyl halides is 1. The Balaban J connectivity index is 1.44. The second-order valence-electron chi connectivity index (χ2n) is 12.0. The maximum absolute atomic E-state index is 15.8. The highest BCUT2D eigenvalue weighted by Gasteiger charge is 2.40. The van der Waals surface area contributed by atoms with Crippen molar-refractivity contribution >= 4 is 5.91 Å². The first-order valence-electron chi connectivity index (χ1n) is 14.6. The molecule has 0 bridgehead atoms. The van der Waals surface area contributed by atoms with E-state index in [4.69, 9.17) is 11.5 Å². The molecule has 0 aromatic heterocycles. The van der Waals surface area contributed by atoms with Crippen LogP contribution in [0.25, 0.3) is 0 Å². The topological polar surface area (TPSA) is 87.6 Å². The predicted octanol–water partition coefficient (Wildman–Crippen LogP) is 4.81. The molecule has 2 aliphatic heterocycles. The summed E-state index contributed by atoms with van der Waals surface area (Å²) in [5.74, 6) is 1.08. The van der Waals surface area contributed by atoms with E-state index in [1.807, 2.05) is 4.90 Å². The Hall–Kier alpha value is -1.76. The normalized spacial score (nSPS) is 24.9. The number of amides is 1. The van der Waals surface area contributed by atoms with E-state index in [-0.39, 0.29) is 17.6 Å². The lowest BCUT2D eigenvalue weighted by molar-refractivity contribution is -0.118. The number of rotatable bonds is 10. The number of hydrogen-bond donors (Lipinski definition) is 3. The number of carbonyl (C=O) groups is 1. The molecule has 3 fully saturated rings. The zero-order valence-corrected chi connectivity index (χ0v) is 23.2. The standard InChI is InChI=1S/C29H52FN5O/c1-4-23(3)21-28(5-2)13-17-34(18-14-28)22-29(30)15-19-35(20-16-29)26(32)12-11-25(31)27(36)33-24-9-7-6-8-10-24/h11-12,23-24H,4-10,13-22,31-32H2,1-3H3,(H,33,36)/b25-11-,26-12+. The maximum Gasteiger partial charge on any atom is 0.267 e. The van der Waals surface area contributed by atoms with E-state index in [9.17, 15) is 4.79 Å². The Labute approximate surface area is 219 Å². The van der Waals surface area contributed by atoms with E-state index >= 15 is 4.39 Å². The molecule has 0 aromatic rings. The van der Waals surface area contributed by atoms with Gasteiger partial charge >= 0.3 is 0 Å². The molecule has 7 heteroatoms. The van der Waals surface area contributed by atoms with Crippen LogP contribution in [0.3, 0.4) is 0 Å². The van der Waals surface area contributed by atoms with Gasteiger partial charge in [0.25, 0.3) is 5.91 Å². The number of piperidine rings is 2. The van der Waals surface area contributed by atoms with Crippen LogP contribution in [0.1, 0.15) is 97.8 Å². The van der Waals surface area contributed by atoms with Crippen molar-refractivity contribution in [3.63, 3.8) is 0 Å². The molecule has 2 heterocycles. The molecule has 3 rings (SSSR count). The van der Waals surface area contributed by atoms with Gasteiger partial charge in [0.1, 0.15) is 5.67 Å². The molecule has 1 aliphatic carbocycles. The Morgan fingerprint density at radius 2 is 1.67 bits per heavy atom. The quantitative estimate of drug-likeness (QED) is 0.293. The lowest BCUT2D eigenvalue weighted by Crippen LogP contribution is -2.51. The highest BCUT2D eigenvalue weighted by Crippen LogP contribution is 2.42. The number of nitrogens with one attached hydrogen (secondary N) is 1. The van der Waals surface area contributed by atoms with Crippen molar-refractivity contribution in [3.8, 4) is 0 Å². The molecule has 3 aliphatic rings. The number of allylic oxidation sites excluding steroid dienone is 2. The van der Waals surface area contributed by atoms with Crippen molar-refractivity contribution in [1.82, 2.24) is 15.1 Å². The van der Waals surface area contributed by atoms with E-state index in [1.165, 1.54) is 38.5 Å². The summed E-state index contributed by atoms with van der Waals surface area (Å²) >= 11 is 0. The van der Waals surface area contributed by atoms with Crippen molar-refractivity contribution < 1.29 is 9.18 Å². The highest BCUT2D eigenvalue weighted by molar-refractivity contribution is 5.92. The smallest absolute Gasteiger partial charge is 0.267 e. The molecule has 1 amide bonds. The molecule has 2 saturated heterocycles. The van der Waals surface area contributed by atoms with Gasteiger partial charge in [-0.25, -0.2) is 4.39 Å². The summed E-state index contributed by atoms with van der Waals surface area (Å²) in [6, 6.07) is 0.220. The Morgan fingerprint density at radius 1 is 1.03 bits per heavy atom. The summed E-state index contributed by atoms with van der Waals surface area (Å²) in [5.41, 5.74) is 11.7. The van der Waals surface area contributed by atoms with Crippen molar-refractivity contribution in [2.45, 2.75) is 110 Å². The van der Waals surface area contributed by atoms with Crippen LogP contribution in [-0.4, -0.2) is 60.1 Å². The van der Waals surface area contributed by atoms with Gasteiger partial charge in [0, 0.05) is 38.5 Å². The van der Waals surface area contributed by atoms with Gasteiger partial charge in [0.05, 0.1) is 11.5 Å². The molecule has 206 valence electrons. The molecule has 0 aromatic carbocycles. The van der Waals surface area contributed by atoms with Crippen molar-refractivity contribution in [2.75, 3.05) is 32.7 Å². The average Bonchev–Trinajstić information content (AvgIpc) is 2.89. The Kier molecular flexibility index (Phi) is 10.5. The van der Waals surface area contributed by atoms with Crippen molar-refractivity contribution in [2.24, 2.45) is 22.8 Å². The van der Waals surface area contributed by atoms with Gasteiger partial charge in [-0.05, 0) is 68.7 Å². The third kappa shape index (κ3) is 8.12. The molecule has 6 nitrogen and oxygen atoms in total. The first-order chi connectivity index (χ1) is 17.2. The van der Waals surface area contributed by atoms with Gasteiger partial charge in [-0.15, -0.1) is 0 Å². The van der Waals surface area contributed by atoms with Gasteiger partial charge in [0.15, 0.2) is 0 Å². The first-order valence-corrected chi connectivity index (χ1v) is 14.6. The number of nitrogens with zero attached hydrogens (tertiary/aromatic N) is 2. The van der Waals surface area contributed by atoms with Gasteiger partial charge in [0.2, 0.25) is 0 Å². The molecular formula is C29H52FN5O. The zero-order valence-electron chi connectivity index (χ0n) is 23.2. The van der Waals surface area contributed by atoms with Crippen LogP contribution in [0.5, 0.6) is 0 Å². The van der Waals surface area contributed by atoms with Crippen LogP contribution in [0.4, 0.5) is 4.39 Å². The van der Waals surface area contributed by atoms with Crippen LogP contribution >= 0.6 is 0 Å². The summed E-state index contributed by atoms with van der Waals surface area (Å²) in [6.45, 7) is 10.7. The van der Waals surface area contributed by atoms with E-state index in [0.717, 1.165) is 44.7 Å². The average molecular weight is 506 g/mol. The van der Waals surface area contributed by atoms with E-state index in [2.05, 4.69) is 31.0 Å². The van der Waals surface area contributed by atoms with Gasteiger partial charge in [-0.2, -0.15) is 0 Å². The minimum absolute atomic E-state index is 0.168. The molecule has 1 atom stereocenters. The van der Waals surface area contributed by atoms with Crippen LogP contribution < -0.4 is 16.8 Å². The summed E-state index contributed by atoms with van der Waals surface area (Å²) in [6.07, 6.45) is 16.0. The van der Waals surface area contributed by atoms with Crippen LogP contribution in [0, 0.1) is 11.3 Å². The lowest BCUT2D eigenvalue weighted by Gasteiger charge is -2.46. The van der Waals surface area contributed by atoms with E-state index in [0.29, 0.717) is 43.7 Å². The molecule has 0 radical (unpaired) electrons. The Morgan fingerprint density at radius 3 is 2.25 bits per heavy atom. The highest BCUT2D eigenvalue weighted by atomic mass is 19.1. The zero-order chi connectivity index (χ0) is 26.2. The second-order valence-corrected chi connectivity index (χ2v) is 12.0. The molecule has 1 unspecified atom stereocenters. The third-order valence-corrected chi connectivity index (χ3v) is 9.31. The number of hydrogen-bond acceptors (Lipinski definition) is 5. The van der Waals surface area contributed by atoms with Gasteiger partial charge in [-0.3, -0.25) is 4.79 Å². The number of nitrogens with two attached hydrogens (primary N) is 2. The minimum Gasteiger partial charge on any atom is -0.394 e. The van der Waals surface area contributed by atoms with Crippen molar-refractivity contribution in [1.29, 1.82) is 0 Å². The third-order valence-electron chi connectivity index (χ3n) is 9.31. The lowest BCUT2D eigenvalue weighted by atomic mass is 9.70. The van der Waals surface area contributed by atoms with E-state index < -0.39 is 5.67 Å². The second kappa shape index (κ2) is 13.2. The molecule has 5 N–H and O–H groups in total. The number of halogens is 1. The number of likely N-dealkylation sites (tertiary alicyclic amines) is 2. The summed E-state index contributed by atoms with van der Waals surface area (Å²) in [4.78, 5) is 16.7. The minimum atomic E-state index is -1.16. The van der Waals surface area contributed by atoms with Crippen LogP contribution in [0.2, 0.25) is 0 Å². The predicted molar refractivity (Wildman–Crippen MR) is 147 cm³/mol. The monoisotopic (exact) mass is 505 g/mol. The van der Waals surface area contributed by atoms with Crippen LogP contribution in [0.15, 0.2) is 23.7 Å². The van der Waals surface area contributed by atoms with Gasteiger partial charge in [-0.1, -0.05) is 52.9 Å². The van der Waals surface area contributed by atoms with E-state index in [1.54, 1.807) is 12.2 Å². The molecule has 36 heavy (non-hydrogen) atoms. The van der Waals surface area contributed by atoms with Gasteiger partial charge < -0.3 is 26.6 Å². The fraction of sp³-hybridized carbons (Fsp3) is 0.828. The molecule has 1 saturated carbocycles. The summed E-state index contributed by atoms with van der Waals surface area (Å²) < 4.78 is 15.8. The fourth-order valence-electron chi connectivity index (χ4n) is 6.37. The largest absolute Gasteiger partial charge is 0.394 e. The first kappa shape index (κ1) is 28.8. The van der Waals surface area contributed by atoms with Crippen molar-refractivity contribution in [3.05, 3.63) is 23.7 Å². The van der Waals surface area contributed by atoms with Crippen LogP contribution in [-0.2, 0) is 4.79 Å². The SMILES string of the molecule is CCC(C)CC1(CC)CCN(CC2(F)CCN(/C(N)=C/C=C(\N)C(=O)NC3CCCCC3)CC2)CC1. The summed E-state index contributed by atoms with van der Waals surface area (Å²) in [5, 5.41) is 3.02. The summed E-state index contributed by atoms with van der Waals surface area (Å²) in [7, 11) is 0.